The Morgan fingerprint density at radius 1 is 1.32 bits per heavy atom. The van der Waals surface area contributed by atoms with Gasteiger partial charge in [0.2, 0.25) is 0 Å². The van der Waals surface area contributed by atoms with E-state index in [1.807, 2.05) is 0 Å². The van der Waals surface area contributed by atoms with Gasteiger partial charge in [0.05, 0.1) is 7.11 Å². The van der Waals surface area contributed by atoms with E-state index in [2.05, 4.69) is 44.3 Å². The van der Waals surface area contributed by atoms with E-state index in [-0.39, 0.29) is 0 Å². The van der Waals surface area contributed by atoms with Crippen molar-refractivity contribution in [2.24, 2.45) is 5.92 Å². The number of benzene rings is 1. The molecule has 1 aliphatic carbocycles. The maximum atomic E-state index is 5.33. The lowest BCUT2D eigenvalue weighted by molar-refractivity contribution is 0.365. The predicted octanol–water partition coefficient (Wildman–Crippen LogP) is 4.10. The molecule has 0 heterocycles. The molecular weight excluding hydrogens is 234 g/mol. The van der Waals surface area contributed by atoms with Gasteiger partial charge in [0, 0.05) is 12.1 Å². The Morgan fingerprint density at radius 3 is 2.79 bits per heavy atom. The van der Waals surface area contributed by atoms with Crippen molar-refractivity contribution in [3.8, 4) is 5.75 Å². The molecule has 2 atom stereocenters. The van der Waals surface area contributed by atoms with E-state index in [1.54, 1.807) is 7.11 Å². The lowest BCUT2D eigenvalue weighted by Gasteiger charge is -2.30. The summed E-state index contributed by atoms with van der Waals surface area (Å²) in [5.74, 6) is 1.73. The molecule has 19 heavy (non-hydrogen) atoms. The molecule has 0 fully saturated rings. The Hall–Kier alpha value is -1.02. The molecule has 2 nitrogen and oxygen atoms in total. The smallest absolute Gasteiger partial charge is 0.119 e. The van der Waals surface area contributed by atoms with Crippen molar-refractivity contribution in [1.82, 2.24) is 5.32 Å². The van der Waals surface area contributed by atoms with E-state index >= 15 is 0 Å². The Morgan fingerprint density at radius 2 is 2.11 bits per heavy atom. The summed E-state index contributed by atoms with van der Waals surface area (Å²) in [6.07, 6.45) is 4.94. The van der Waals surface area contributed by atoms with Crippen molar-refractivity contribution >= 4 is 0 Å². The molecular formula is C17H27NO. The average Bonchev–Trinajstić information content (AvgIpc) is 2.37. The molecule has 0 aromatic heterocycles. The van der Waals surface area contributed by atoms with E-state index in [4.69, 9.17) is 4.74 Å². The van der Waals surface area contributed by atoms with E-state index in [0.29, 0.717) is 12.1 Å². The standard InChI is InChI=1S/C17H27NO/c1-12(2)10-13(3)18-17-7-5-6-14-11-15(19-4)8-9-16(14)17/h8-9,11-13,17-18H,5-7,10H2,1-4H3. The van der Waals surface area contributed by atoms with Crippen LogP contribution in [-0.4, -0.2) is 13.2 Å². The summed E-state index contributed by atoms with van der Waals surface area (Å²) < 4.78 is 5.33. The van der Waals surface area contributed by atoms with Crippen LogP contribution in [0.2, 0.25) is 0 Å². The fraction of sp³-hybridized carbons (Fsp3) is 0.647. The zero-order chi connectivity index (χ0) is 13.8. The highest BCUT2D eigenvalue weighted by Crippen LogP contribution is 2.32. The molecule has 0 radical (unpaired) electrons. The maximum Gasteiger partial charge on any atom is 0.119 e. The molecule has 106 valence electrons. The van der Waals surface area contributed by atoms with Gasteiger partial charge in [0.15, 0.2) is 0 Å². The highest BCUT2D eigenvalue weighted by atomic mass is 16.5. The first-order valence-electron chi connectivity index (χ1n) is 7.53. The number of aryl methyl sites for hydroxylation is 1. The first-order chi connectivity index (χ1) is 9.10. The summed E-state index contributed by atoms with van der Waals surface area (Å²) in [5, 5.41) is 3.80. The van der Waals surface area contributed by atoms with Crippen LogP contribution in [0.3, 0.4) is 0 Å². The van der Waals surface area contributed by atoms with Gasteiger partial charge in [-0.1, -0.05) is 19.9 Å². The van der Waals surface area contributed by atoms with Crippen LogP contribution in [0.15, 0.2) is 18.2 Å². The van der Waals surface area contributed by atoms with Crippen molar-refractivity contribution in [1.29, 1.82) is 0 Å². The summed E-state index contributed by atoms with van der Waals surface area (Å²) in [6.45, 7) is 6.88. The van der Waals surface area contributed by atoms with Crippen molar-refractivity contribution in [3.63, 3.8) is 0 Å². The van der Waals surface area contributed by atoms with E-state index in [9.17, 15) is 0 Å². The molecule has 0 amide bonds. The molecule has 0 bridgehead atoms. The molecule has 1 aliphatic rings. The molecule has 0 saturated carbocycles. The molecule has 1 aromatic carbocycles. The fourth-order valence-corrected chi connectivity index (χ4v) is 3.21. The maximum absolute atomic E-state index is 5.33. The van der Waals surface area contributed by atoms with Gasteiger partial charge in [-0.3, -0.25) is 0 Å². The summed E-state index contributed by atoms with van der Waals surface area (Å²) >= 11 is 0. The molecule has 2 rings (SSSR count). The number of hydrogen-bond acceptors (Lipinski definition) is 2. The quantitative estimate of drug-likeness (QED) is 0.861. The van der Waals surface area contributed by atoms with Crippen LogP contribution in [0.25, 0.3) is 0 Å². The van der Waals surface area contributed by atoms with Crippen molar-refractivity contribution in [3.05, 3.63) is 29.3 Å². The highest BCUT2D eigenvalue weighted by Gasteiger charge is 2.22. The highest BCUT2D eigenvalue weighted by molar-refractivity contribution is 5.39. The third kappa shape index (κ3) is 3.73. The summed E-state index contributed by atoms with van der Waals surface area (Å²) in [4.78, 5) is 0. The van der Waals surface area contributed by atoms with Crippen molar-refractivity contribution < 1.29 is 4.74 Å². The van der Waals surface area contributed by atoms with Gasteiger partial charge in [0.1, 0.15) is 5.75 Å². The second-order valence-electron chi connectivity index (χ2n) is 6.21. The predicted molar refractivity (Wildman–Crippen MR) is 80.7 cm³/mol. The van der Waals surface area contributed by atoms with Crippen LogP contribution in [0, 0.1) is 5.92 Å². The Labute approximate surface area is 117 Å². The number of rotatable bonds is 5. The van der Waals surface area contributed by atoms with Gasteiger partial charge in [-0.25, -0.2) is 0 Å². The zero-order valence-electron chi connectivity index (χ0n) is 12.7. The third-order valence-corrected chi connectivity index (χ3v) is 3.98. The Balaban J connectivity index is 2.09. The normalized spacial score (nSPS) is 20.2. The molecule has 1 aromatic rings. The first-order valence-corrected chi connectivity index (χ1v) is 7.53. The minimum Gasteiger partial charge on any atom is -0.497 e. The van der Waals surface area contributed by atoms with E-state index in [0.717, 1.165) is 11.7 Å². The SMILES string of the molecule is COc1ccc2c(c1)CCCC2NC(C)CC(C)C. The minimum atomic E-state index is 0.517. The van der Waals surface area contributed by atoms with Crippen LogP contribution in [0.1, 0.15) is 57.2 Å². The van der Waals surface area contributed by atoms with Crippen LogP contribution in [0.4, 0.5) is 0 Å². The monoisotopic (exact) mass is 261 g/mol. The van der Waals surface area contributed by atoms with Crippen LogP contribution in [-0.2, 0) is 6.42 Å². The second kappa shape index (κ2) is 6.42. The van der Waals surface area contributed by atoms with Gasteiger partial charge in [0.25, 0.3) is 0 Å². The molecule has 0 aliphatic heterocycles. The zero-order valence-corrected chi connectivity index (χ0v) is 12.7. The molecule has 0 saturated heterocycles. The van der Waals surface area contributed by atoms with Gasteiger partial charge >= 0.3 is 0 Å². The van der Waals surface area contributed by atoms with E-state index < -0.39 is 0 Å². The number of methoxy groups -OCH3 is 1. The van der Waals surface area contributed by atoms with Crippen LogP contribution >= 0.6 is 0 Å². The van der Waals surface area contributed by atoms with Gasteiger partial charge < -0.3 is 10.1 Å². The Kier molecular flexibility index (Phi) is 4.87. The third-order valence-electron chi connectivity index (χ3n) is 3.98. The fourth-order valence-electron chi connectivity index (χ4n) is 3.21. The molecule has 2 unspecified atom stereocenters. The second-order valence-corrected chi connectivity index (χ2v) is 6.21. The number of ether oxygens (including phenoxy) is 1. The lowest BCUT2D eigenvalue weighted by Crippen LogP contribution is -2.33. The molecule has 2 heteroatoms. The van der Waals surface area contributed by atoms with Crippen LogP contribution < -0.4 is 10.1 Å². The largest absolute Gasteiger partial charge is 0.497 e. The topological polar surface area (TPSA) is 21.3 Å². The molecule has 1 N–H and O–H groups in total. The lowest BCUT2D eigenvalue weighted by atomic mass is 9.87. The summed E-state index contributed by atoms with van der Waals surface area (Å²) in [6, 6.07) is 7.64. The number of nitrogens with one attached hydrogen (secondary N) is 1. The number of hydrogen-bond donors (Lipinski definition) is 1. The van der Waals surface area contributed by atoms with E-state index in [1.165, 1.54) is 36.8 Å². The minimum absolute atomic E-state index is 0.517. The van der Waals surface area contributed by atoms with Gasteiger partial charge in [-0.2, -0.15) is 0 Å². The molecule has 0 spiro atoms. The first kappa shape index (κ1) is 14.4. The average molecular weight is 261 g/mol. The number of fused-ring (bicyclic) bond motifs is 1. The summed E-state index contributed by atoms with van der Waals surface area (Å²) in [7, 11) is 1.74. The van der Waals surface area contributed by atoms with Crippen molar-refractivity contribution in [2.45, 2.75) is 58.5 Å². The van der Waals surface area contributed by atoms with Crippen LogP contribution in [0.5, 0.6) is 5.75 Å². The van der Waals surface area contributed by atoms with Crippen molar-refractivity contribution in [2.75, 3.05) is 7.11 Å². The van der Waals surface area contributed by atoms with Gasteiger partial charge in [-0.15, -0.1) is 0 Å². The summed E-state index contributed by atoms with van der Waals surface area (Å²) in [5.41, 5.74) is 2.93. The van der Waals surface area contributed by atoms with Gasteiger partial charge in [-0.05, 0) is 61.8 Å². The Bertz CT molecular complexity index is 414.